The van der Waals surface area contributed by atoms with Crippen molar-refractivity contribution in [2.24, 2.45) is 4.99 Å². The van der Waals surface area contributed by atoms with Crippen molar-refractivity contribution in [3.63, 3.8) is 0 Å². The van der Waals surface area contributed by atoms with Crippen molar-refractivity contribution in [1.82, 2.24) is 10.6 Å². The lowest BCUT2D eigenvalue weighted by Gasteiger charge is -2.20. The topological polar surface area (TPSA) is 45.7 Å². The number of unbranched alkanes of at least 4 members (excludes halogenated alkanes) is 1. The summed E-state index contributed by atoms with van der Waals surface area (Å²) in [5.74, 6) is 2.95. The third-order valence-corrected chi connectivity index (χ3v) is 4.19. The maximum absolute atomic E-state index is 5.46. The highest BCUT2D eigenvalue weighted by Crippen LogP contribution is 2.25. The number of nitrogens with one attached hydrogen (secondary N) is 2. The van der Waals surface area contributed by atoms with E-state index in [2.05, 4.69) is 47.9 Å². The Morgan fingerprint density at radius 2 is 2.14 bits per heavy atom. The molecule has 4 nitrogen and oxygen atoms in total. The Kier molecular flexibility index (Phi) is 8.82. The number of hydrogen-bond donors (Lipinski definition) is 2. The lowest BCUT2D eigenvalue weighted by Crippen LogP contribution is -2.39. The number of hydrogen-bond acceptors (Lipinski definition) is 3. The number of methoxy groups -OCH3 is 1. The molecule has 0 radical (unpaired) electrons. The minimum atomic E-state index is 0.132. The zero-order valence-corrected chi connectivity index (χ0v) is 15.2. The maximum atomic E-state index is 5.46. The molecule has 0 aliphatic rings. The van der Waals surface area contributed by atoms with Gasteiger partial charge in [0.1, 0.15) is 5.75 Å². The molecule has 1 aromatic rings. The second kappa shape index (κ2) is 10.4. The lowest BCUT2D eigenvalue weighted by atomic mass is 10.0. The number of aryl methyl sites for hydroxylation is 1. The monoisotopic (exact) mass is 323 g/mol. The van der Waals surface area contributed by atoms with Crippen molar-refractivity contribution < 1.29 is 4.74 Å². The molecule has 0 spiro atoms. The van der Waals surface area contributed by atoms with E-state index in [1.165, 1.54) is 17.7 Å². The molecule has 2 N–H and O–H groups in total. The van der Waals surface area contributed by atoms with Crippen LogP contribution in [-0.4, -0.2) is 38.7 Å². The smallest absolute Gasteiger partial charge is 0.191 e. The van der Waals surface area contributed by atoms with E-state index in [4.69, 9.17) is 4.74 Å². The Hall–Kier alpha value is -1.36. The quantitative estimate of drug-likeness (QED) is 0.437. The molecule has 5 heteroatoms. The first kappa shape index (κ1) is 18.7. The van der Waals surface area contributed by atoms with Gasteiger partial charge in [-0.2, -0.15) is 11.8 Å². The molecule has 1 unspecified atom stereocenters. The van der Waals surface area contributed by atoms with E-state index in [1.54, 1.807) is 14.2 Å². The molecule has 1 aromatic carbocycles. The average molecular weight is 324 g/mol. The van der Waals surface area contributed by atoms with Crippen molar-refractivity contribution >= 4 is 17.7 Å². The molecule has 0 saturated heterocycles. The van der Waals surface area contributed by atoms with Gasteiger partial charge >= 0.3 is 0 Å². The summed E-state index contributed by atoms with van der Waals surface area (Å²) in [7, 11) is 3.51. The molecule has 0 fully saturated rings. The molecular formula is C17H29N3OS. The van der Waals surface area contributed by atoms with Crippen molar-refractivity contribution in [3.8, 4) is 5.75 Å². The number of ether oxygens (including phenoxy) is 1. The van der Waals surface area contributed by atoms with Gasteiger partial charge in [0, 0.05) is 19.2 Å². The van der Waals surface area contributed by atoms with Crippen LogP contribution in [0.5, 0.6) is 5.75 Å². The summed E-state index contributed by atoms with van der Waals surface area (Å²) >= 11 is 1.89. The Bertz CT molecular complexity index is 477. The van der Waals surface area contributed by atoms with Crippen LogP contribution in [0.2, 0.25) is 0 Å². The van der Waals surface area contributed by atoms with Crippen LogP contribution in [0.1, 0.15) is 36.9 Å². The molecule has 0 saturated carbocycles. The number of aliphatic imine (C=N–C) groups is 1. The second-order valence-corrected chi connectivity index (χ2v) is 6.30. The van der Waals surface area contributed by atoms with Crippen LogP contribution >= 0.6 is 11.8 Å². The van der Waals surface area contributed by atoms with Gasteiger partial charge in [-0.3, -0.25) is 4.99 Å². The fourth-order valence-corrected chi connectivity index (χ4v) is 2.74. The van der Waals surface area contributed by atoms with Gasteiger partial charge in [0.15, 0.2) is 5.96 Å². The lowest BCUT2D eigenvalue weighted by molar-refractivity contribution is 0.405. The minimum Gasteiger partial charge on any atom is -0.496 e. The molecular weight excluding hydrogens is 294 g/mol. The van der Waals surface area contributed by atoms with E-state index in [-0.39, 0.29) is 6.04 Å². The van der Waals surface area contributed by atoms with Crippen molar-refractivity contribution in [1.29, 1.82) is 0 Å². The summed E-state index contributed by atoms with van der Waals surface area (Å²) in [5.41, 5.74) is 2.37. The molecule has 0 aliphatic heterocycles. The third kappa shape index (κ3) is 6.18. The van der Waals surface area contributed by atoms with Gasteiger partial charge in [-0.1, -0.05) is 17.7 Å². The van der Waals surface area contributed by atoms with Gasteiger partial charge < -0.3 is 15.4 Å². The van der Waals surface area contributed by atoms with Crippen LogP contribution in [-0.2, 0) is 0 Å². The molecule has 0 bridgehead atoms. The van der Waals surface area contributed by atoms with Crippen molar-refractivity contribution in [2.75, 3.05) is 32.7 Å². The highest BCUT2D eigenvalue weighted by Gasteiger charge is 2.13. The summed E-state index contributed by atoms with van der Waals surface area (Å²) in [5, 5.41) is 6.80. The van der Waals surface area contributed by atoms with Gasteiger partial charge in [0.25, 0.3) is 0 Å². The van der Waals surface area contributed by atoms with Crippen molar-refractivity contribution in [2.45, 2.75) is 32.7 Å². The highest BCUT2D eigenvalue weighted by atomic mass is 32.2. The van der Waals surface area contributed by atoms with Gasteiger partial charge in [0.2, 0.25) is 0 Å². The largest absolute Gasteiger partial charge is 0.496 e. The van der Waals surface area contributed by atoms with E-state index < -0.39 is 0 Å². The SMILES string of the molecule is CN=C(NCCCCSC)NC(C)c1cc(C)ccc1OC. The summed E-state index contributed by atoms with van der Waals surface area (Å²) < 4.78 is 5.46. The van der Waals surface area contributed by atoms with E-state index in [0.717, 1.165) is 30.2 Å². The number of nitrogens with zero attached hydrogens (tertiary/aromatic N) is 1. The van der Waals surface area contributed by atoms with Gasteiger partial charge in [-0.05, 0) is 44.8 Å². The van der Waals surface area contributed by atoms with E-state index in [9.17, 15) is 0 Å². The first-order chi connectivity index (χ1) is 10.6. The van der Waals surface area contributed by atoms with Gasteiger partial charge in [-0.15, -0.1) is 0 Å². The van der Waals surface area contributed by atoms with E-state index in [1.807, 2.05) is 17.8 Å². The fourth-order valence-electron chi connectivity index (χ4n) is 2.25. The molecule has 0 heterocycles. The third-order valence-electron chi connectivity index (χ3n) is 3.50. The maximum Gasteiger partial charge on any atom is 0.191 e. The standard InChI is InChI=1S/C17H29N3OS/c1-13-8-9-16(21-4)15(12-13)14(2)20-17(18-3)19-10-6-7-11-22-5/h8-9,12,14H,6-7,10-11H2,1-5H3,(H2,18,19,20). The molecule has 0 aliphatic carbocycles. The summed E-state index contributed by atoms with van der Waals surface area (Å²) in [6, 6.07) is 6.37. The molecule has 0 amide bonds. The summed E-state index contributed by atoms with van der Waals surface area (Å²) in [6.07, 6.45) is 4.53. The van der Waals surface area contributed by atoms with Crippen LogP contribution in [0.4, 0.5) is 0 Å². The zero-order chi connectivity index (χ0) is 16.4. The average Bonchev–Trinajstić information content (AvgIpc) is 2.53. The minimum absolute atomic E-state index is 0.132. The van der Waals surface area contributed by atoms with E-state index in [0.29, 0.717) is 0 Å². The number of thioether (sulfide) groups is 1. The van der Waals surface area contributed by atoms with Gasteiger partial charge in [-0.25, -0.2) is 0 Å². The van der Waals surface area contributed by atoms with Crippen LogP contribution in [0.15, 0.2) is 23.2 Å². The summed E-state index contributed by atoms with van der Waals surface area (Å²) in [4.78, 5) is 4.30. The van der Waals surface area contributed by atoms with E-state index >= 15 is 0 Å². The zero-order valence-electron chi connectivity index (χ0n) is 14.4. The highest BCUT2D eigenvalue weighted by molar-refractivity contribution is 7.98. The fraction of sp³-hybridized carbons (Fsp3) is 0.588. The normalized spacial score (nSPS) is 12.9. The molecule has 1 atom stereocenters. The van der Waals surface area contributed by atoms with Crippen LogP contribution in [0, 0.1) is 6.92 Å². The number of rotatable bonds is 8. The van der Waals surface area contributed by atoms with Crippen LogP contribution in [0.3, 0.4) is 0 Å². The molecule has 1 rings (SSSR count). The number of guanidine groups is 1. The van der Waals surface area contributed by atoms with Gasteiger partial charge in [0.05, 0.1) is 13.2 Å². The Balaban J connectivity index is 2.58. The first-order valence-corrected chi connectivity index (χ1v) is 9.12. The second-order valence-electron chi connectivity index (χ2n) is 5.31. The number of benzene rings is 1. The Morgan fingerprint density at radius 3 is 2.77 bits per heavy atom. The molecule has 124 valence electrons. The Labute approximate surface area is 139 Å². The molecule has 0 aromatic heterocycles. The van der Waals surface area contributed by atoms with Crippen LogP contribution in [0.25, 0.3) is 0 Å². The predicted octanol–water partition coefficient (Wildman–Crippen LogP) is 3.37. The first-order valence-electron chi connectivity index (χ1n) is 7.73. The Morgan fingerprint density at radius 1 is 1.36 bits per heavy atom. The van der Waals surface area contributed by atoms with Crippen molar-refractivity contribution in [3.05, 3.63) is 29.3 Å². The molecule has 22 heavy (non-hydrogen) atoms. The summed E-state index contributed by atoms with van der Waals surface area (Å²) in [6.45, 7) is 5.16. The predicted molar refractivity (Wildman–Crippen MR) is 98.3 cm³/mol. The van der Waals surface area contributed by atoms with Crippen LogP contribution < -0.4 is 15.4 Å².